The van der Waals surface area contributed by atoms with Crippen LogP contribution < -0.4 is 9.47 Å². The lowest BCUT2D eigenvalue weighted by Crippen LogP contribution is -2.17. The number of carbonyl (C=O) groups is 1. The van der Waals surface area contributed by atoms with Crippen molar-refractivity contribution in [2.75, 3.05) is 13.3 Å². The Hall–Kier alpha value is -3.01. The predicted octanol–water partition coefficient (Wildman–Crippen LogP) is 3.15. The van der Waals surface area contributed by atoms with E-state index in [9.17, 15) is 4.79 Å². The molecule has 3 aliphatic rings. The van der Waals surface area contributed by atoms with Gasteiger partial charge in [0.15, 0.2) is 17.3 Å². The lowest BCUT2D eigenvalue weighted by molar-refractivity contribution is -0.113. The Morgan fingerprint density at radius 2 is 1.87 bits per heavy atom. The van der Waals surface area contributed by atoms with Crippen LogP contribution in [0.4, 0.5) is 0 Å². The van der Waals surface area contributed by atoms with Gasteiger partial charge in [-0.05, 0) is 29.3 Å². The molecule has 0 N–H and O–H groups in total. The molecule has 0 atom stereocenters. The number of rotatable bonds is 1. The summed E-state index contributed by atoms with van der Waals surface area (Å²) in [5.74, 6) is 1.55. The molecule has 0 saturated carbocycles. The second-order valence-corrected chi connectivity index (χ2v) is 5.75. The Morgan fingerprint density at radius 3 is 2.83 bits per heavy atom. The third-order valence-corrected chi connectivity index (χ3v) is 4.43. The number of nitrogens with zero attached hydrogens (tertiary/aromatic N) is 1. The number of hydrogen-bond donors (Lipinski definition) is 0. The lowest BCUT2D eigenvalue weighted by atomic mass is 9.95. The zero-order valence-corrected chi connectivity index (χ0v) is 12.3. The number of Topliss-reactive ketones (excluding diaryl/α,β-unsaturated/α-hetero) is 1. The van der Waals surface area contributed by atoms with Gasteiger partial charge in [-0.3, -0.25) is 4.79 Å². The summed E-state index contributed by atoms with van der Waals surface area (Å²) in [5, 5.41) is 0. The van der Waals surface area contributed by atoms with Crippen molar-refractivity contribution in [3.63, 3.8) is 0 Å². The highest BCUT2D eigenvalue weighted by Crippen LogP contribution is 2.42. The van der Waals surface area contributed by atoms with E-state index in [4.69, 9.17) is 9.47 Å². The number of carbonyl (C=O) groups excluding carboxylic acids is 1. The SMILES string of the molecule is O=C1CN2C=Cc3ccccc3C2=C1c1ccc2c(c1)OCO2. The fourth-order valence-electron chi connectivity index (χ4n) is 3.38. The minimum atomic E-state index is 0.125. The Bertz CT molecular complexity index is 911. The van der Waals surface area contributed by atoms with Gasteiger partial charge in [0.1, 0.15) is 0 Å². The van der Waals surface area contributed by atoms with Gasteiger partial charge < -0.3 is 14.4 Å². The Balaban J connectivity index is 1.75. The van der Waals surface area contributed by atoms with Crippen LogP contribution in [0.15, 0.2) is 48.7 Å². The molecule has 4 heteroatoms. The van der Waals surface area contributed by atoms with Crippen LogP contribution in [0.3, 0.4) is 0 Å². The number of fused-ring (bicyclic) bond motifs is 4. The summed E-state index contributed by atoms with van der Waals surface area (Å²) in [6, 6.07) is 13.8. The zero-order valence-electron chi connectivity index (χ0n) is 12.3. The predicted molar refractivity (Wildman–Crippen MR) is 86.6 cm³/mol. The van der Waals surface area contributed by atoms with Crippen molar-refractivity contribution in [1.82, 2.24) is 4.90 Å². The molecule has 3 aliphatic heterocycles. The lowest BCUT2D eigenvalue weighted by Gasteiger charge is -2.23. The molecule has 23 heavy (non-hydrogen) atoms. The van der Waals surface area contributed by atoms with Gasteiger partial charge in [-0.15, -0.1) is 0 Å². The first-order chi connectivity index (χ1) is 11.3. The molecule has 0 amide bonds. The highest BCUT2D eigenvalue weighted by atomic mass is 16.7. The molecule has 0 saturated heterocycles. The molecule has 0 bridgehead atoms. The fourth-order valence-corrected chi connectivity index (χ4v) is 3.38. The zero-order chi connectivity index (χ0) is 15.4. The molecule has 4 nitrogen and oxygen atoms in total. The fraction of sp³-hybridized carbons (Fsp3) is 0.105. The van der Waals surface area contributed by atoms with Crippen LogP contribution in [0.5, 0.6) is 11.5 Å². The minimum absolute atomic E-state index is 0.125. The highest BCUT2D eigenvalue weighted by molar-refractivity contribution is 6.32. The van der Waals surface area contributed by atoms with Crippen LogP contribution in [0.1, 0.15) is 16.7 Å². The maximum atomic E-state index is 12.6. The van der Waals surface area contributed by atoms with Crippen molar-refractivity contribution in [2.45, 2.75) is 0 Å². The number of ketones is 1. The van der Waals surface area contributed by atoms with E-state index in [0.29, 0.717) is 12.3 Å². The third-order valence-electron chi connectivity index (χ3n) is 4.43. The molecule has 2 aromatic rings. The summed E-state index contributed by atoms with van der Waals surface area (Å²) in [7, 11) is 0. The van der Waals surface area contributed by atoms with Gasteiger partial charge in [-0.1, -0.05) is 30.3 Å². The maximum absolute atomic E-state index is 12.6. The molecular formula is C19H13NO3. The molecule has 0 spiro atoms. The van der Waals surface area contributed by atoms with E-state index in [1.54, 1.807) is 0 Å². The molecular weight excluding hydrogens is 290 g/mol. The standard InChI is InChI=1S/C19H13NO3/c21-15-10-20-8-7-12-3-1-2-4-14(12)19(20)18(15)13-5-6-16-17(9-13)23-11-22-16/h1-9H,10-11H2. The van der Waals surface area contributed by atoms with Crippen molar-refractivity contribution in [1.29, 1.82) is 0 Å². The normalized spacial score (nSPS) is 17.6. The van der Waals surface area contributed by atoms with Gasteiger partial charge in [0, 0.05) is 11.8 Å². The first-order valence-electron chi connectivity index (χ1n) is 7.53. The molecule has 0 fully saturated rings. The average molecular weight is 303 g/mol. The van der Waals surface area contributed by atoms with Gasteiger partial charge in [-0.25, -0.2) is 0 Å². The van der Waals surface area contributed by atoms with E-state index >= 15 is 0 Å². The average Bonchev–Trinajstić information content (AvgIpc) is 3.17. The van der Waals surface area contributed by atoms with Gasteiger partial charge in [0.25, 0.3) is 0 Å². The van der Waals surface area contributed by atoms with Gasteiger partial charge >= 0.3 is 0 Å². The third kappa shape index (κ3) is 1.75. The van der Waals surface area contributed by atoms with E-state index in [-0.39, 0.29) is 12.6 Å². The first-order valence-corrected chi connectivity index (χ1v) is 7.53. The Morgan fingerprint density at radius 1 is 1.00 bits per heavy atom. The van der Waals surface area contributed by atoms with E-state index < -0.39 is 0 Å². The number of benzene rings is 2. The first kappa shape index (κ1) is 12.5. The second-order valence-electron chi connectivity index (χ2n) is 5.75. The quantitative estimate of drug-likeness (QED) is 0.811. The van der Waals surface area contributed by atoms with E-state index in [2.05, 4.69) is 18.2 Å². The molecule has 0 aliphatic carbocycles. The van der Waals surface area contributed by atoms with E-state index in [0.717, 1.165) is 33.7 Å². The maximum Gasteiger partial charge on any atom is 0.231 e. The van der Waals surface area contributed by atoms with Crippen LogP contribution in [0.25, 0.3) is 17.3 Å². The second kappa shape index (κ2) is 4.49. The smallest absolute Gasteiger partial charge is 0.231 e. The summed E-state index contributed by atoms with van der Waals surface area (Å²) < 4.78 is 10.8. The van der Waals surface area contributed by atoms with E-state index in [1.807, 2.05) is 41.4 Å². The van der Waals surface area contributed by atoms with Gasteiger partial charge in [0.2, 0.25) is 6.79 Å². The van der Waals surface area contributed by atoms with Crippen molar-refractivity contribution in [2.24, 2.45) is 0 Å². The summed E-state index contributed by atoms with van der Waals surface area (Å²) >= 11 is 0. The van der Waals surface area contributed by atoms with Crippen LogP contribution in [-0.2, 0) is 4.79 Å². The van der Waals surface area contributed by atoms with E-state index in [1.165, 1.54) is 0 Å². The minimum Gasteiger partial charge on any atom is -0.454 e. The highest BCUT2D eigenvalue weighted by Gasteiger charge is 2.33. The summed E-state index contributed by atoms with van der Waals surface area (Å²) in [4.78, 5) is 14.7. The van der Waals surface area contributed by atoms with Crippen molar-refractivity contribution in [3.05, 3.63) is 65.4 Å². The Labute approximate surface area is 133 Å². The van der Waals surface area contributed by atoms with Crippen LogP contribution >= 0.6 is 0 Å². The monoisotopic (exact) mass is 303 g/mol. The molecule has 2 aromatic carbocycles. The summed E-state index contributed by atoms with van der Waals surface area (Å²) in [6.45, 7) is 0.611. The molecule has 5 rings (SSSR count). The molecule has 0 unspecified atom stereocenters. The number of ether oxygens (including phenoxy) is 2. The van der Waals surface area contributed by atoms with Crippen molar-refractivity contribution < 1.29 is 14.3 Å². The largest absolute Gasteiger partial charge is 0.454 e. The molecule has 0 aromatic heterocycles. The van der Waals surface area contributed by atoms with Crippen LogP contribution in [-0.4, -0.2) is 24.0 Å². The van der Waals surface area contributed by atoms with Crippen molar-refractivity contribution >= 4 is 23.1 Å². The summed E-state index contributed by atoms with van der Waals surface area (Å²) in [5.41, 5.74) is 4.83. The van der Waals surface area contributed by atoms with Crippen LogP contribution in [0.2, 0.25) is 0 Å². The Kier molecular flexibility index (Phi) is 2.45. The molecule has 3 heterocycles. The molecule has 112 valence electrons. The van der Waals surface area contributed by atoms with Gasteiger partial charge in [-0.2, -0.15) is 0 Å². The topological polar surface area (TPSA) is 38.8 Å². The number of hydrogen-bond acceptors (Lipinski definition) is 4. The van der Waals surface area contributed by atoms with Crippen LogP contribution in [0, 0.1) is 0 Å². The van der Waals surface area contributed by atoms with Gasteiger partial charge in [0.05, 0.1) is 17.8 Å². The summed E-state index contributed by atoms with van der Waals surface area (Å²) in [6.07, 6.45) is 4.03. The molecule has 0 radical (unpaired) electrons. The van der Waals surface area contributed by atoms with Crippen molar-refractivity contribution in [3.8, 4) is 11.5 Å².